The number of nitrogens with two attached hydrogens (primary N) is 1. The van der Waals surface area contributed by atoms with E-state index in [0.717, 1.165) is 6.42 Å². The predicted molar refractivity (Wildman–Crippen MR) is 75.1 cm³/mol. The zero-order valence-electron chi connectivity index (χ0n) is 11.1. The molecule has 1 saturated carbocycles. The summed E-state index contributed by atoms with van der Waals surface area (Å²) in [6.07, 6.45) is 0.930. The van der Waals surface area contributed by atoms with Crippen molar-refractivity contribution in [1.29, 1.82) is 0 Å². The third-order valence-corrected chi connectivity index (χ3v) is 3.52. The topological polar surface area (TPSA) is 87.6 Å². The summed E-state index contributed by atoms with van der Waals surface area (Å²) in [5.74, 6) is 0.0844. The van der Waals surface area contributed by atoms with E-state index in [-0.39, 0.29) is 34.7 Å². The van der Waals surface area contributed by atoms with Gasteiger partial charge in [0.15, 0.2) is 0 Å². The summed E-state index contributed by atoms with van der Waals surface area (Å²) in [6, 6.07) is 4.34. The largest absolute Gasteiger partial charge is 0.480 e. The van der Waals surface area contributed by atoms with Crippen molar-refractivity contribution in [3.8, 4) is 5.75 Å². The highest BCUT2D eigenvalue weighted by Gasteiger charge is 2.42. The molecule has 3 atom stereocenters. The molecule has 1 aliphatic rings. The third kappa shape index (κ3) is 3.03. The Hall–Kier alpha value is -1.37. The van der Waals surface area contributed by atoms with Gasteiger partial charge in [-0.05, 0) is 12.5 Å². The van der Waals surface area contributed by atoms with E-state index in [1.54, 1.807) is 6.07 Å². The molecule has 0 radical (unpaired) electrons. The van der Waals surface area contributed by atoms with E-state index in [1.807, 2.05) is 6.92 Å². The summed E-state index contributed by atoms with van der Waals surface area (Å²) in [4.78, 5) is 10.5. The van der Waals surface area contributed by atoms with Crippen molar-refractivity contribution in [2.75, 3.05) is 6.61 Å². The molecule has 6 nitrogen and oxygen atoms in total. The highest BCUT2D eigenvalue weighted by molar-refractivity contribution is 6.32. The Bertz CT molecular complexity index is 497. The van der Waals surface area contributed by atoms with Gasteiger partial charge in [0.25, 0.3) is 0 Å². The Morgan fingerprint density at radius 1 is 1.55 bits per heavy atom. The van der Waals surface area contributed by atoms with Gasteiger partial charge in [-0.1, -0.05) is 24.6 Å². The summed E-state index contributed by atoms with van der Waals surface area (Å²) in [6.45, 7) is 2.59. The first-order chi connectivity index (χ1) is 9.54. The molecule has 2 rings (SSSR count). The van der Waals surface area contributed by atoms with Crippen LogP contribution in [0.15, 0.2) is 18.2 Å². The van der Waals surface area contributed by atoms with Crippen LogP contribution in [0.3, 0.4) is 0 Å². The van der Waals surface area contributed by atoms with Crippen LogP contribution in [0.4, 0.5) is 5.69 Å². The van der Waals surface area contributed by atoms with E-state index in [1.165, 1.54) is 12.1 Å². The van der Waals surface area contributed by atoms with Crippen molar-refractivity contribution < 1.29 is 14.4 Å². The molecule has 0 amide bonds. The van der Waals surface area contributed by atoms with Crippen molar-refractivity contribution in [2.24, 2.45) is 5.73 Å². The lowest BCUT2D eigenvalue weighted by Crippen LogP contribution is -2.59. The first-order valence-corrected chi connectivity index (χ1v) is 6.89. The Balaban J connectivity index is 2.12. The van der Waals surface area contributed by atoms with Crippen LogP contribution in [-0.2, 0) is 4.74 Å². The molecule has 0 bridgehead atoms. The molecular formula is C13H17ClN2O4. The van der Waals surface area contributed by atoms with Crippen molar-refractivity contribution in [2.45, 2.75) is 38.0 Å². The van der Waals surface area contributed by atoms with Crippen molar-refractivity contribution >= 4 is 17.3 Å². The average Bonchev–Trinajstić information content (AvgIpc) is 2.40. The Kier molecular flexibility index (Phi) is 4.80. The van der Waals surface area contributed by atoms with Crippen LogP contribution in [0.2, 0.25) is 5.02 Å². The Morgan fingerprint density at radius 2 is 2.30 bits per heavy atom. The fourth-order valence-corrected chi connectivity index (χ4v) is 2.34. The number of hydrogen-bond acceptors (Lipinski definition) is 5. The van der Waals surface area contributed by atoms with Crippen LogP contribution in [-0.4, -0.2) is 29.8 Å². The van der Waals surface area contributed by atoms with Crippen LogP contribution < -0.4 is 10.5 Å². The van der Waals surface area contributed by atoms with Gasteiger partial charge in [-0.2, -0.15) is 0 Å². The number of ether oxygens (including phenoxy) is 2. The summed E-state index contributed by atoms with van der Waals surface area (Å²) < 4.78 is 11.3. The smallest absolute Gasteiger partial charge is 0.312 e. The van der Waals surface area contributed by atoms with Gasteiger partial charge in [0.1, 0.15) is 12.2 Å². The van der Waals surface area contributed by atoms with Gasteiger partial charge in [0, 0.05) is 25.1 Å². The quantitative estimate of drug-likeness (QED) is 0.644. The zero-order chi connectivity index (χ0) is 14.7. The van der Waals surface area contributed by atoms with Gasteiger partial charge in [-0.3, -0.25) is 10.1 Å². The molecule has 1 aromatic carbocycles. The van der Waals surface area contributed by atoms with Crippen LogP contribution in [0.1, 0.15) is 19.8 Å². The van der Waals surface area contributed by atoms with Crippen molar-refractivity contribution in [3.05, 3.63) is 33.3 Å². The van der Waals surface area contributed by atoms with Gasteiger partial charge in [0.2, 0.25) is 5.75 Å². The number of benzene rings is 1. The predicted octanol–water partition coefficient (Wildman–Crippen LogP) is 2.52. The third-order valence-electron chi connectivity index (χ3n) is 3.22. The minimum atomic E-state index is -0.512. The summed E-state index contributed by atoms with van der Waals surface area (Å²) >= 11 is 5.99. The number of hydrogen-bond donors (Lipinski definition) is 1. The van der Waals surface area contributed by atoms with Crippen LogP contribution in [0.25, 0.3) is 0 Å². The monoisotopic (exact) mass is 300 g/mol. The van der Waals surface area contributed by atoms with E-state index in [0.29, 0.717) is 13.0 Å². The molecule has 1 fully saturated rings. The molecule has 1 aromatic rings. The van der Waals surface area contributed by atoms with Gasteiger partial charge < -0.3 is 15.2 Å². The molecule has 2 N–H and O–H groups in total. The van der Waals surface area contributed by atoms with E-state index >= 15 is 0 Å². The lowest BCUT2D eigenvalue weighted by Gasteiger charge is -2.41. The van der Waals surface area contributed by atoms with E-state index in [4.69, 9.17) is 26.8 Å². The number of rotatable bonds is 6. The first kappa shape index (κ1) is 15.0. The number of nitro benzene ring substituents is 1. The van der Waals surface area contributed by atoms with E-state index in [9.17, 15) is 10.1 Å². The fraction of sp³-hybridized carbons (Fsp3) is 0.538. The van der Waals surface area contributed by atoms with Crippen molar-refractivity contribution in [3.63, 3.8) is 0 Å². The lowest BCUT2D eigenvalue weighted by atomic mass is 9.86. The van der Waals surface area contributed by atoms with Gasteiger partial charge >= 0.3 is 5.69 Å². The molecular weight excluding hydrogens is 284 g/mol. The van der Waals surface area contributed by atoms with Crippen LogP contribution in [0, 0.1) is 10.1 Å². The highest BCUT2D eigenvalue weighted by Crippen LogP contribution is 2.38. The molecule has 110 valence electrons. The highest BCUT2D eigenvalue weighted by atomic mass is 35.5. The summed E-state index contributed by atoms with van der Waals surface area (Å²) in [7, 11) is 0. The Labute approximate surface area is 122 Å². The minimum Gasteiger partial charge on any atom is -0.480 e. The number of para-hydroxylation sites is 1. The summed E-state index contributed by atoms with van der Waals surface area (Å²) in [5, 5.41) is 11.2. The Morgan fingerprint density at radius 3 is 2.90 bits per heavy atom. The molecule has 3 unspecified atom stereocenters. The normalized spacial score (nSPS) is 25.1. The first-order valence-electron chi connectivity index (χ1n) is 6.51. The molecule has 1 aliphatic carbocycles. The standard InChI is InChI=1S/C13H17ClN2O4/c1-2-6-19-13-9(15)7-11(13)20-12-8(14)4-3-5-10(12)16(17)18/h3-5,9,11,13H,2,6-7,15H2,1H3. The van der Waals surface area contributed by atoms with Crippen molar-refractivity contribution in [1.82, 2.24) is 0 Å². The maximum Gasteiger partial charge on any atom is 0.312 e. The number of nitro groups is 1. The second-order valence-electron chi connectivity index (χ2n) is 4.74. The molecule has 0 spiro atoms. The molecule has 7 heteroatoms. The fourth-order valence-electron chi connectivity index (χ4n) is 2.13. The van der Waals surface area contributed by atoms with Gasteiger partial charge in [-0.15, -0.1) is 0 Å². The molecule has 0 heterocycles. The van der Waals surface area contributed by atoms with Crippen LogP contribution >= 0.6 is 11.6 Å². The molecule has 20 heavy (non-hydrogen) atoms. The van der Waals surface area contributed by atoms with E-state index < -0.39 is 4.92 Å². The maximum atomic E-state index is 11.0. The molecule has 0 saturated heterocycles. The number of nitrogens with zero attached hydrogens (tertiary/aromatic N) is 1. The van der Waals surface area contributed by atoms with Gasteiger partial charge in [0.05, 0.1) is 9.95 Å². The minimum absolute atomic E-state index is 0.0844. The zero-order valence-corrected chi connectivity index (χ0v) is 11.9. The second kappa shape index (κ2) is 6.39. The second-order valence-corrected chi connectivity index (χ2v) is 5.14. The van der Waals surface area contributed by atoms with Gasteiger partial charge in [-0.25, -0.2) is 0 Å². The molecule has 0 aromatic heterocycles. The maximum absolute atomic E-state index is 11.0. The van der Waals surface area contributed by atoms with Crippen LogP contribution in [0.5, 0.6) is 5.75 Å². The summed E-state index contributed by atoms with van der Waals surface area (Å²) in [5.41, 5.74) is 5.73. The SMILES string of the molecule is CCCOC1C(N)CC1Oc1c(Cl)cccc1[N+](=O)[O-]. The number of halogens is 1. The molecule has 0 aliphatic heterocycles. The average molecular weight is 301 g/mol. The lowest BCUT2D eigenvalue weighted by molar-refractivity contribution is -0.386. The van der Waals surface area contributed by atoms with E-state index in [2.05, 4.69) is 0 Å².